The summed E-state index contributed by atoms with van der Waals surface area (Å²) < 4.78 is 52.8. The van der Waals surface area contributed by atoms with Crippen LogP contribution in [0.3, 0.4) is 0 Å². The summed E-state index contributed by atoms with van der Waals surface area (Å²) in [5.41, 5.74) is 20.0. The number of imidazole rings is 1. The number of para-hydroxylation sites is 1. The highest BCUT2D eigenvalue weighted by Gasteiger charge is 2.69. The van der Waals surface area contributed by atoms with Crippen LogP contribution in [0, 0.1) is 0 Å². The number of ether oxygens (including phenoxy) is 1. The molecule has 2 aromatic heterocycles. The third-order valence-corrected chi connectivity index (χ3v) is 15.0. The van der Waals surface area contributed by atoms with Gasteiger partial charge in [-0.05, 0) is 133 Å². The maximum atomic E-state index is 9.82. The summed E-state index contributed by atoms with van der Waals surface area (Å²) >= 11 is 0. The lowest BCUT2D eigenvalue weighted by Crippen LogP contribution is -2.78. The van der Waals surface area contributed by atoms with Crippen LogP contribution in [0.2, 0.25) is 0 Å². The maximum absolute atomic E-state index is 9.82. The smallest absolute Gasteiger partial charge is 0.392 e. The van der Waals surface area contributed by atoms with E-state index in [1.807, 2.05) is 79.7 Å². The van der Waals surface area contributed by atoms with Crippen LogP contribution in [0.1, 0.15) is 139 Å². The first-order valence-electron chi connectivity index (χ1n) is 26.5. The van der Waals surface area contributed by atoms with Gasteiger partial charge in [0, 0.05) is 28.7 Å². The number of aromatic nitrogens is 3. The second kappa shape index (κ2) is 15.5. The van der Waals surface area contributed by atoms with Crippen molar-refractivity contribution in [1.82, 2.24) is 4.57 Å². The van der Waals surface area contributed by atoms with Crippen molar-refractivity contribution >= 4 is 11.0 Å². The van der Waals surface area contributed by atoms with E-state index in [4.69, 9.17) is 4.74 Å². The van der Waals surface area contributed by atoms with Crippen LogP contribution >= 0.6 is 0 Å². The Balaban J connectivity index is 1.20. The number of nitrogens with zero attached hydrogens (tertiary/aromatic N) is 3. The van der Waals surface area contributed by atoms with Gasteiger partial charge in [0.1, 0.15) is 16.8 Å². The normalized spacial score (nSPS) is 16.7. The number of hydrogen-bond donors (Lipinski definition) is 0. The molecule has 0 saturated heterocycles. The van der Waals surface area contributed by atoms with Gasteiger partial charge in [-0.15, -0.1) is 9.13 Å². The summed E-state index contributed by atoms with van der Waals surface area (Å²) in [6.07, 6.45) is 2.20. The van der Waals surface area contributed by atoms with Crippen LogP contribution < -0.4 is 13.9 Å². The predicted octanol–water partition coefficient (Wildman–Crippen LogP) is 16.2. The molecule has 4 nitrogen and oxygen atoms in total. The van der Waals surface area contributed by atoms with Crippen molar-refractivity contribution in [3.8, 4) is 78.6 Å². The Bertz CT molecular complexity index is 3730. The highest BCUT2D eigenvalue weighted by Crippen LogP contribution is 2.56. The summed E-state index contributed by atoms with van der Waals surface area (Å²) in [5.74, 6) is -3.66. The van der Waals surface area contributed by atoms with Crippen LogP contribution in [0.4, 0.5) is 0 Å². The quantitative estimate of drug-likeness (QED) is 0.139. The van der Waals surface area contributed by atoms with E-state index < -0.39 is 29.4 Å². The van der Waals surface area contributed by atoms with E-state index >= 15 is 0 Å². The van der Waals surface area contributed by atoms with E-state index in [9.17, 15) is 5.48 Å². The first kappa shape index (κ1) is 38.9. The molecule has 0 fully saturated rings. The molecule has 4 heteroatoms. The van der Waals surface area contributed by atoms with Gasteiger partial charge in [0.05, 0.1) is 5.56 Å². The fourth-order valence-corrected chi connectivity index (χ4v) is 11.5. The van der Waals surface area contributed by atoms with Gasteiger partial charge in [0.2, 0.25) is 5.69 Å². The molecule has 1 atom stereocenters. The Hall–Kier alpha value is -7.04. The van der Waals surface area contributed by atoms with Crippen molar-refractivity contribution in [2.75, 3.05) is 0 Å². The molecule has 1 spiro atoms. The summed E-state index contributed by atoms with van der Waals surface area (Å²) in [6, 6.07) is 54.3. The zero-order valence-electron chi connectivity index (χ0n) is 45.8. The molecule has 0 radical (unpaired) electrons. The molecule has 7 aromatic carbocycles. The molecule has 0 saturated carbocycles. The fraction of sp³-hybridized carbons (Fsp3) is 0.262. The Labute approximate surface area is 414 Å². The van der Waals surface area contributed by atoms with Crippen LogP contribution in [0.5, 0.6) is 5.75 Å². The average molecular weight is 906 g/mol. The molecular formula is C65H63N3O+2. The van der Waals surface area contributed by atoms with Crippen LogP contribution in [0.15, 0.2) is 158 Å². The van der Waals surface area contributed by atoms with Gasteiger partial charge in [0.25, 0.3) is 0 Å². The van der Waals surface area contributed by atoms with Crippen LogP contribution in [0.25, 0.3) is 83.9 Å². The lowest BCUT2D eigenvalue weighted by molar-refractivity contribution is -0.997. The molecule has 0 amide bonds. The molecule has 3 aliphatic rings. The summed E-state index contributed by atoms with van der Waals surface area (Å²) in [5, 5.41) is 0. The van der Waals surface area contributed by atoms with Crippen molar-refractivity contribution in [1.29, 1.82) is 0 Å². The van der Waals surface area contributed by atoms with Crippen LogP contribution in [-0.4, -0.2) is 4.57 Å². The predicted molar refractivity (Wildman–Crippen MR) is 284 cm³/mol. The lowest BCUT2D eigenvalue weighted by atomic mass is 9.85. The van der Waals surface area contributed by atoms with E-state index in [-0.39, 0.29) is 5.41 Å². The third kappa shape index (κ3) is 6.33. The van der Waals surface area contributed by atoms with E-state index in [0.717, 1.165) is 106 Å². The number of rotatable bonds is 8. The van der Waals surface area contributed by atoms with E-state index in [1.165, 1.54) is 5.56 Å². The first-order valence-corrected chi connectivity index (χ1v) is 24.5. The number of benzene rings is 7. The molecule has 0 bridgehead atoms. The summed E-state index contributed by atoms with van der Waals surface area (Å²) in [7, 11) is 0. The Morgan fingerprint density at radius 3 is 1.83 bits per heavy atom. The molecule has 1 unspecified atom stereocenters. The van der Waals surface area contributed by atoms with E-state index in [2.05, 4.69) is 168 Å². The minimum absolute atomic E-state index is 0.0247. The average Bonchev–Trinajstić information content (AvgIpc) is 3.83. The van der Waals surface area contributed by atoms with Gasteiger partial charge in [-0.3, -0.25) is 0 Å². The molecular weight excluding hydrogens is 839 g/mol. The molecule has 69 heavy (non-hydrogen) atoms. The minimum atomic E-state index is -1.27. The molecule has 9 aromatic rings. The maximum Gasteiger partial charge on any atom is 0.499 e. The SMILES string of the molecule is [2H]C(C)(C)c1cc2c(c(C([2H])(C)C)c1)OC13c4c(cc(-c5ccccc5)cc4-c4cc(-c5ccc(C(C)(C)C)cc5)cc[n+]41)-c1cccc4c1[n+]3c-2n4-c1ccc(-c2c(C([2H])(C)C)cccc2C([2H])(C)C)cc1. The third-order valence-electron chi connectivity index (χ3n) is 15.0. The van der Waals surface area contributed by atoms with Crippen molar-refractivity contribution in [3.05, 3.63) is 191 Å². The lowest BCUT2D eigenvalue weighted by Gasteiger charge is -2.34. The molecule has 12 rings (SSSR count). The summed E-state index contributed by atoms with van der Waals surface area (Å²) in [4.78, 5) is 0. The summed E-state index contributed by atoms with van der Waals surface area (Å²) in [6.45, 7) is 22.1. The second-order valence-corrected chi connectivity index (χ2v) is 21.4. The van der Waals surface area contributed by atoms with Gasteiger partial charge in [-0.1, -0.05) is 173 Å². The highest BCUT2D eigenvalue weighted by molar-refractivity contribution is 5.99. The molecule has 5 heterocycles. The van der Waals surface area contributed by atoms with Gasteiger partial charge in [-0.2, -0.15) is 4.57 Å². The Morgan fingerprint density at radius 2 is 1.17 bits per heavy atom. The fourth-order valence-electron chi connectivity index (χ4n) is 11.5. The second-order valence-electron chi connectivity index (χ2n) is 21.4. The van der Waals surface area contributed by atoms with Crippen LogP contribution in [-0.2, 0) is 11.3 Å². The molecule has 342 valence electrons. The van der Waals surface area contributed by atoms with Crippen molar-refractivity contribution in [2.45, 2.75) is 111 Å². The van der Waals surface area contributed by atoms with Gasteiger partial charge >= 0.3 is 11.7 Å². The minimum Gasteiger partial charge on any atom is -0.392 e. The number of pyridine rings is 1. The topological polar surface area (TPSA) is 21.9 Å². The van der Waals surface area contributed by atoms with E-state index in [0.29, 0.717) is 11.3 Å². The zero-order valence-corrected chi connectivity index (χ0v) is 41.8. The highest BCUT2D eigenvalue weighted by atomic mass is 16.5. The van der Waals surface area contributed by atoms with Gasteiger partial charge in [-0.25, -0.2) is 0 Å². The van der Waals surface area contributed by atoms with E-state index in [1.54, 1.807) is 0 Å². The van der Waals surface area contributed by atoms with Gasteiger partial charge < -0.3 is 4.74 Å². The first-order chi connectivity index (χ1) is 34.4. The monoisotopic (exact) mass is 906 g/mol. The zero-order chi connectivity index (χ0) is 51.5. The largest absolute Gasteiger partial charge is 0.499 e. The van der Waals surface area contributed by atoms with Crippen molar-refractivity contribution in [3.63, 3.8) is 0 Å². The number of fused-ring (bicyclic) bond motifs is 5. The molecule has 3 aliphatic heterocycles. The van der Waals surface area contributed by atoms with Crippen molar-refractivity contribution < 1.29 is 19.4 Å². The standard InChI is InChI=1S/C65H63N3O/c1-38(2)46-33-53(41(7)8)62-56(34-46)63-67(49-29-25-44(26-30-49)59-50(39(3)4)19-15-20-51(59)40(5)6)57-22-16-21-52-54-35-47(42-17-13-12-14-18-42)36-55-58-37-45(43-23-27-48(28-24-43)64(9,10)11)31-32-66(58)65(69-62,60(54)55)68(63)61(52)57/h12-41H,1-11H3/q+2/i38D,39D,40D,41D. The Morgan fingerprint density at radius 1 is 0.536 bits per heavy atom. The molecule has 0 aliphatic carbocycles. The number of hydrogen-bond acceptors (Lipinski definition) is 1. The van der Waals surface area contributed by atoms with Crippen molar-refractivity contribution in [2.24, 2.45) is 0 Å². The Kier molecular flexibility index (Phi) is 8.73. The molecule has 0 N–H and O–H groups in total. The van der Waals surface area contributed by atoms with Gasteiger partial charge in [0.15, 0.2) is 23.0 Å².